The van der Waals surface area contributed by atoms with Crippen LogP contribution in [-0.2, 0) is 0 Å². The lowest BCUT2D eigenvalue weighted by Crippen LogP contribution is -2.48. The highest BCUT2D eigenvalue weighted by Gasteiger charge is 2.26. The minimum absolute atomic E-state index is 0.0154. The molecule has 21 heavy (non-hydrogen) atoms. The second-order valence-corrected chi connectivity index (χ2v) is 5.35. The molecular formula is C17H19N3O. The standard InChI is InChI=1S/C17H19N3O/c18-16-9-3-4-11-20(16)17(21)15-8-2-1-7-14(15)13-6-5-10-19-12-13/h1-2,5-8,10,12,16H,3-4,9,11,18H2. The van der Waals surface area contributed by atoms with Crippen LogP contribution in [0, 0.1) is 0 Å². The number of pyridine rings is 1. The summed E-state index contributed by atoms with van der Waals surface area (Å²) in [6.07, 6.45) is 6.33. The van der Waals surface area contributed by atoms with Crippen molar-refractivity contribution in [2.75, 3.05) is 6.54 Å². The maximum absolute atomic E-state index is 12.8. The van der Waals surface area contributed by atoms with Gasteiger partial charge in [-0.3, -0.25) is 9.78 Å². The summed E-state index contributed by atoms with van der Waals surface area (Å²) in [5.41, 5.74) is 8.66. The molecule has 0 saturated carbocycles. The smallest absolute Gasteiger partial charge is 0.255 e. The van der Waals surface area contributed by atoms with Crippen LogP contribution >= 0.6 is 0 Å². The van der Waals surface area contributed by atoms with Gasteiger partial charge < -0.3 is 10.6 Å². The molecule has 2 aromatic rings. The third kappa shape index (κ3) is 2.81. The summed E-state index contributed by atoms with van der Waals surface area (Å²) in [5, 5.41) is 0. The van der Waals surface area contributed by atoms with E-state index in [1.165, 1.54) is 0 Å². The Morgan fingerprint density at radius 1 is 1.19 bits per heavy atom. The molecule has 0 bridgehead atoms. The van der Waals surface area contributed by atoms with Crippen molar-refractivity contribution >= 4 is 5.91 Å². The van der Waals surface area contributed by atoms with Gasteiger partial charge in [0, 0.05) is 30.1 Å². The lowest BCUT2D eigenvalue weighted by molar-refractivity contribution is 0.0622. The molecule has 108 valence electrons. The number of benzene rings is 1. The molecule has 1 aromatic heterocycles. The van der Waals surface area contributed by atoms with Crippen molar-refractivity contribution in [3.05, 3.63) is 54.4 Å². The maximum atomic E-state index is 12.8. The number of hydrogen-bond donors (Lipinski definition) is 1. The molecule has 1 saturated heterocycles. The first-order valence-electron chi connectivity index (χ1n) is 7.33. The Labute approximate surface area is 124 Å². The number of aromatic nitrogens is 1. The lowest BCUT2D eigenvalue weighted by Gasteiger charge is -2.33. The van der Waals surface area contributed by atoms with Gasteiger partial charge in [-0.1, -0.05) is 24.3 Å². The van der Waals surface area contributed by atoms with Gasteiger partial charge >= 0.3 is 0 Å². The number of nitrogens with zero attached hydrogens (tertiary/aromatic N) is 2. The Bertz CT molecular complexity index is 627. The molecule has 0 radical (unpaired) electrons. The summed E-state index contributed by atoms with van der Waals surface area (Å²) in [6, 6.07) is 11.5. The molecule has 2 N–H and O–H groups in total. The molecule has 4 nitrogen and oxygen atoms in total. The van der Waals surface area contributed by atoms with Crippen molar-refractivity contribution in [3.8, 4) is 11.1 Å². The van der Waals surface area contributed by atoms with Crippen molar-refractivity contribution in [1.82, 2.24) is 9.88 Å². The normalized spacial score (nSPS) is 18.5. The molecule has 2 heterocycles. The van der Waals surface area contributed by atoms with Gasteiger partial charge in [-0.15, -0.1) is 0 Å². The maximum Gasteiger partial charge on any atom is 0.255 e. The summed E-state index contributed by atoms with van der Waals surface area (Å²) in [5.74, 6) is 0.0154. The average Bonchev–Trinajstić information content (AvgIpc) is 2.55. The van der Waals surface area contributed by atoms with Gasteiger partial charge in [-0.2, -0.15) is 0 Å². The molecular weight excluding hydrogens is 262 g/mol. The van der Waals surface area contributed by atoms with E-state index in [0.717, 1.165) is 36.9 Å². The van der Waals surface area contributed by atoms with Crippen LogP contribution in [0.2, 0.25) is 0 Å². The van der Waals surface area contributed by atoms with E-state index in [4.69, 9.17) is 5.73 Å². The minimum Gasteiger partial charge on any atom is -0.323 e. The van der Waals surface area contributed by atoms with Crippen molar-refractivity contribution in [3.63, 3.8) is 0 Å². The minimum atomic E-state index is -0.173. The SMILES string of the molecule is NC1CCCCN1C(=O)c1ccccc1-c1cccnc1. The van der Waals surface area contributed by atoms with E-state index in [9.17, 15) is 4.79 Å². The van der Waals surface area contributed by atoms with E-state index in [-0.39, 0.29) is 12.1 Å². The van der Waals surface area contributed by atoms with Gasteiger partial charge in [0.05, 0.1) is 6.17 Å². The highest BCUT2D eigenvalue weighted by molar-refractivity contribution is 6.01. The van der Waals surface area contributed by atoms with E-state index in [2.05, 4.69) is 4.98 Å². The van der Waals surface area contributed by atoms with Crippen molar-refractivity contribution in [1.29, 1.82) is 0 Å². The quantitative estimate of drug-likeness (QED) is 0.920. The van der Waals surface area contributed by atoms with Gasteiger partial charge in [0.2, 0.25) is 0 Å². The van der Waals surface area contributed by atoms with E-state index >= 15 is 0 Å². The second-order valence-electron chi connectivity index (χ2n) is 5.35. The van der Waals surface area contributed by atoms with Gasteiger partial charge in [-0.05, 0) is 37.0 Å². The number of rotatable bonds is 2. The van der Waals surface area contributed by atoms with Crippen LogP contribution in [0.25, 0.3) is 11.1 Å². The fourth-order valence-electron chi connectivity index (χ4n) is 2.81. The molecule has 4 heteroatoms. The number of piperidine rings is 1. The molecule has 1 aliphatic rings. The molecule has 3 rings (SSSR count). The summed E-state index contributed by atoms with van der Waals surface area (Å²) in [4.78, 5) is 18.8. The topological polar surface area (TPSA) is 59.2 Å². The summed E-state index contributed by atoms with van der Waals surface area (Å²) < 4.78 is 0. The first-order chi connectivity index (χ1) is 10.3. The second kappa shape index (κ2) is 6.06. The fourth-order valence-corrected chi connectivity index (χ4v) is 2.81. The highest BCUT2D eigenvalue weighted by Crippen LogP contribution is 2.25. The first-order valence-corrected chi connectivity index (χ1v) is 7.33. The van der Waals surface area contributed by atoms with Crippen LogP contribution in [-0.4, -0.2) is 28.5 Å². The zero-order valence-corrected chi connectivity index (χ0v) is 11.9. The molecule has 1 unspecified atom stereocenters. The molecule has 0 spiro atoms. The zero-order valence-electron chi connectivity index (χ0n) is 11.9. The Morgan fingerprint density at radius 3 is 2.81 bits per heavy atom. The van der Waals surface area contributed by atoms with E-state index in [0.29, 0.717) is 5.56 Å². The summed E-state index contributed by atoms with van der Waals surface area (Å²) in [6.45, 7) is 0.737. The van der Waals surface area contributed by atoms with Crippen LogP contribution in [0.1, 0.15) is 29.6 Å². The number of hydrogen-bond acceptors (Lipinski definition) is 3. The van der Waals surface area contributed by atoms with Gasteiger partial charge in [-0.25, -0.2) is 0 Å². The number of carbonyl (C=O) groups is 1. The van der Waals surface area contributed by atoms with Gasteiger partial charge in [0.15, 0.2) is 0 Å². The molecule has 1 aliphatic heterocycles. The van der Waals surface area contributed by atoms with E-state index in [1.807, 2.05) is 36.4 Å². The van der Waals surface area contributed by atoms with E-state index < -0.39 is 0 Å². The van der Waals surface area contributed by atoms with Gasteiger partial charge in [0.25, 0.3) is 5.91 Å². The summed E-state index contributed by atoms with van der Waals surface area (Å²) >= 11 is 0. The van der Waals surface area contributed by atoms with E-state index in [1.54, 1.807) is 17.3 Å². The van der Waals surface area contributed by atoms with Crippen LogP contribution < -0.4 is 5.73 Å². The number of likely N-dealkylation sites (tertiary alicyclic amines) is 1. The molecule has 0 aliphatic carbocycles. The third-order valence-corrected chi connectivity index (χ3v) is 3.94. The monoisotopic (exact) mass is 281 g/mol. The van der Waals surface area contributed by atoms with Crippen LogP contribution in [0.15, 0.2) is 48.8 Å². The Morgan fingerprint density at radius 2 is 2.05 bits per heavy atom. The Balaban J connectivity index is 1.97. The highest BCUT2D eigenvalue weighted by atomic mass is 16.2. The fraction of sp³-hybridized carbons (Fsp3) is 0.294. The number of nitrogens with two attached hydrogens (primary N) is 1. The van der Waals surface area contributed by atoms with Crippen LogP contribution in [0.5, 0.6) is 0 Å². The lowest BCUT2D eigenvalue weighted by atomic mass is 9.99. The average molecular weight is 281 g/mol. The Hall–Kier alpha value is -2.20. The number of amides is 1. The predicted octanol–water partition coefficient (Wildman–Crippen LogP) is 2.66. The van der Waals surface area contributed by atoms with Crippen molar-refractivity contribution < 1.29 is 4.79 Å². The van der Waals surface area contributed by atoms with Crippen LogP contribution in [0.4, 0.5) is 0 Å². The third-order valence-electron chi connectivity index (χ3n) is 3.94. The first kappa shape index (κ1) is 13.8. The van der Waals surface area contributed by atoms with Crippen molar-refractivity contribution in [2.45, 2.75) is 25.4 Å². The number of carbonyl (C=O) groups excluding carboxylic acids is 1. The zero-order chi connectivity index (χ0) is 14.7. The molecule has 1 fully saturated rings. The van der Waals surface area contributed by atoms with Crippen LogP contribution in [0.3, 0.4) is 0 Å². The van der Waals surface area contributed by atoms with Crippen molar-refractivity contribution in [2.24, 2.45) is 5.73 Å². The summed E-state index contributed by atoms with van der Waals surface area (Å²) in [7, 11) is 0. The molecule has 1 atom stereocenters. The Kier molecular flexibility index (Phi) is 3.97. The molecule has 1 amide bonds. The van der Waals surface area contributed by atoms with Gasteiger partial charge in [0.1, 0.15) is 0 Å². The largest absolute Gasteiger partial charge is 0.323 e. The molecule has 1 aromatic carbocycles. The predicted molar refractivity (Wildman–Crippen MR) is 82.5 cm³/mol.